The first-order valence-corrected chi connectivity index (χ1v) is 10.1. The van der Waals surface area contributed by atoms with Gasteiger partial charge in [0.05, 0.1) is 30.5 Å². The lowest BCUT2D eigenvalue weighted by atomic mass is 9.87. The third kappa shape index (κ3) is 4.08. The van der Waals surface area contributed by atoms with Crippen LogP contribution in [0.2, 0.25) is 0 Å². The number of hydrogen-bond donors (Lipinski definition) is 1. The van der Waals surface area contributed by atoms with Gasteiger partial charge in [-0.05, 0) is 56.5 Å². The first kappa shape index (κ1) is 21.6. The smallest absolute Gasteiger partial charge is 0.387 e. The van der Waals surface area contributed by atoms with Gasteiger partial charge in [0.15, 0.2) is 0 Å². The molecule has 7 nitrogen and oxygen atoms in total. The summed E-state index contributed by atoms with van der Waals surface area (Å²) >= 11 is 0. The first-order valence-electron chi connectivity index (χ1n) is 10.1. The lowest BCUT2D eigenvalue weighted by molar-refractivity contribution is -0.0502. The Bertz CT molecular complexity index is 1230. The molecule has 1 aromatic carbocycles. The molecule has 1 amide bonds. The number of ether oxygens (including phenoxy) is 2. The Morgan fingerprint density at radius 3 is 2.66 bits per heavy atom. The standard InChI is InChI=1S/C23H22F2N4O3/c1-23(2,12-26)14-6-7-29-16(11-27-19(29)10-14)13-8-17(31-3)20(18(9-13)32-22(24)25)21(30)28-15-4-5-15/h6-11,15,22H,4-5H2,1-3H3,(H,28,30). The molecule has 0 spiro atoms. The first-order chi connectivity index (χ1) is 15.2. The van der Waals surface area contributed by atoms with Gasteiger partial charge in [-0.1, -0.05) is 0 Å². The number of alkyl halides is 2. The zero-order chi connectivity index (χ0) is 23.0. The Balaban J connectivity index is 1.82. The minimum atomic E-state index is -3.11. The summed E-state index contributed by atoms with van der Waals surface area (Å²) in [5.74, 6) is -0.675. The highest BCUT2D eigenvalue weighted by atomic mass is 19.3. The van der Waals surface area contributed by atoms with Crippen LogP contribution >= 0.6 is 0 Å². The van der Waals surface area contributed by atoms with Crippen LogP contribution in [0.5, 0.6) is 11.5 Å². The van der Waals surface area contributed by atoms with E-state index in [0.29, 0.717) is 16.9 Å². The molecule has 0 saturated heterocycles. The second kappa shape index (κ2) is 8.11. The minimum absolute atomic E-state index is 0.0388. The number of fused-ring (bicyclic) bond motifs is 1. The summed E-state index contributed by atoms with van der Waals surface area (Å²) in [4.78, 5) is 17.1. The zero-order valence-corrected chi connectivity index (χ0v) is 17.9. The van der Waals surface area contributed by atoms with Gasteiger partial charge in [0.25, 0.3) is 5.91 Å². The number of hydrogen-bond acceptors (Lipinski definition) is 5. The summed E-state index contributed by atoms with van der Waals surface area (Å²) < 4.78 is 38.1. The number of methoxy groups -OCH3 is 1. The molecule has 4 rings (SSSR count). The van der Waals surface area contributed by atoms with E-state index in [2.05, 4.69) is 16.4 Å². The SMILES string of the molecule is COc1cc(-c2cnc3cc(C(C)(C)C#N)ccn23)cc(OC(F)F)c1C(=O)NC1CC1. The molecular weight excluding hydrogens is 418 g/mol. The summed E-state index contributed by atoms with van der Waals surface area (Å²) in [6, 6.07) is 8.89. The maximum Gasteiger partial charge on any atom is 0.387 e. The molecule has 1 aliphatic rings. The number of benzene rings is 1. The molecule has 0 bridgehead atoms. The van der Waals surface area contributed by atoms with Crippen LogP contribution < -0.4 is 14.8 Å². The highest BCUT2D eigenvalue weighted by molar-refractivity contribution is 6.01. The van der Waals surface area contributed by atoms with E-state index in [1.165, 1.54) is 13.2 Å². The quantitative estimate of drug-likeness (QED) is 0.592. The van der Waals surface area contributed by atoms with Gasteiger partial charge < -0.3 is 14.8 Å². The number of amides is 1. The number of nitriles is 1. The predicted octanol–water partition coefficient (Wildman–Crippen LogP) is 4.30. The Morgan fingerprint density at radius 1 is 1.31 bits per heavy atom. The van der Waals surface area contributed by atoms with E-state index in [1.54, 1.807) is 28.9 Å². The number of carbonyl (C=O) groups is 1. The Morgan fingerprint density at radius 2 is 2.03 bits per heavy atom. The van der Waals surface area contributed by atoms with E-state index < -0.39 is 17.9 Å². The lowest BCUT2D eigenvalue weighted by Crippen LogP contribution is -2.26. The highest BCUT2D eigenvalue weighted by Gasteiger charge is 2.29. The second-order valence-electron chi connectivity index (χ2n) is 8.20. The molecule has 0 unspecified atom stereocenters. The number of pyridine rings is 1. The fourth-order valence-corrected chi connectivity index (χ4v) is 3.44. The third-order valence-electron chi connectivity index (χ3n) is 5.45. The van der Waals surface area contributed by atoms with Crippen molar-refractivity contribution in [2.24, 2.45) is 0 Å². The number of nitrogens with zero attached hydrogens (tertiary/aromatic N) is 3. The summed E-state index contributed by atoms with van der Waals surface area (Å²) in [7, 11) is 1.36. The van der Waals surface area contributed by atoms with Gasteiger partial charge >= 0.3 is 6.61 Å². The molecule has 0 aliphatic heterocycles. The summed E-state index contributed by atoms with van der Waals surface area (Å²) in [5, 5.41) is 12.2. The molecule has 0 radical (unpaired) electrons. The van der Waals surface area contributed by atoms with E-state index >= 15 is 0 Å². The zero-order valence-electron chi connectivity index (χ0n) is 17.9. The van der Waals surface area contributed by atoms with Crippen molar-refractivity contribution in [3.8, 4) is 28.8 Å². The van der Waals surface area contributed by atoms with Gasteiger partial charge in [-0.2, -0.15) is 14.0 Å². The molecule has 1 N–H and O–H groups in total. The lowest BCUT2D eigenvalue weighted by Gasteiger charge is -2.17. The number of halogens is 2. The molecule has 9 heteroatoms. The van der Waals surface area contributed by atoms with Crippen molar-refractivity contribution < 1.29 is 23.0 Å². The van der Waals surface area contributed by atoms with Crippen LogP contribution in [0.15, 0.2) is 36.7 Å². The number of nitrogens with one attached hydrogen (secondary N) is 1. The largest absolute Gasteiger partial charge is 0.496 e. The van der Waals surface area contributed by atoms with Crippen LogP contribution in [0.1, 0.15) is 42.6 Å². The van der Waals surface area contributed by atoms with Crippen LogP contribution in [0.25, 0.3) is 16.9 Å². The topological polar surface area (TPSA) is 88.7 Å². The third-order valence-corrected chi connectivity index (χ3v) is 5.45. The number of imidazole rings is 1. The molecule has 0 atom stereocenters. The maximum atomic E-state index is 13.2. The molecule has 2 aromatic heterocycles. The van der Waals surface area contributed by atoms with Crippen molar-refractivity contribution >= 4 is 11.6 Å². The van der Waals surface area contributed by atoms with Crippen molar-refractivity contribution in [1.82, 2.24) is 14.7 Å². The highest BCUT2D eigenvalue weighted by Crippen LogP contribution is 2.37. The maximum absolute atomic E-state index is 13.2. The predicted molar refractivity (Wildman–Crippen MR) is 113 cm³/mol. The van der Waals surface area contributed by atoms with Gasteiger partial charge in [0, 0.05) is 17.8 Å². The normalized spacial score (nSPS) is 13.8. The molecule has 2 heterocycles. The average molecular weight is 440 g/mol. The van der Waals surface area contributed by atoms with Crippen molar-refractivity contribution in [1.29, 1.82) is 5.26 Å². The second-order valence-corrected chi connectivity index (χ2v) is 8.20. The fraction of sp³-hybridized carbons (Fsp3) is 0.348. The number of aromatic nitrogens is 2. The molecular formula is C23H22F2N4O3. The van der Waals surface area contributed by atoms with Gasteiger partial charge in [-0.15, -0.1) is 0 Å². The molecule has 1 saturated carbocycles. The van der Waals surface area contributed by atoms with E-state index in [0.717, 1.165) is 18.4 Å². The van der Waals surface area contributed by atoms with Crippen LogP contribution in [0, 0.1) is 11.3 Å². The van der Waals surface area contributed by atoms with Gasteiger partial charge in [-0.3, -0.25) is 9.20 Å². The summed E-state index contributed by atoms with van der Waals surface area (Å²) in [6.45, 7) is 0.514. The van der Waals surface area contributed by atoms with Crippen LogP contribution in [-0.4, -0.2) is 35.1 Å². The molecule has 32 heavy (non-hydrogen) atoms. The summed E-state index contributed by atoms with van der Waals surface area (Å²) in [5.41, 5.74) is 1.71. The van der Waals surface area contributed by atoms with Gasteiger partial charge in [0.1, 0.15) is 22.7 Å². The molecule has 3 aromatic rings. The van der Waals surface area contributed by atoms with Gasteiger partial charge in [0.2, 0.25) is 0 Å². The molecule has 1 fully saturated rings. The van der Waals surface area contributed by atoms with Crippen LogP contribution in [-0.2, 0) is 5.41 Å². The molecule has 1 aliphatic carbocycles. The summed E-state index contributed by atoms with van der Waals surface area (Å²) in [6.07, 6.45) is 5.05. The van der Waals surface area contributed by atoms with Crippen molar-refractivity contribution in [2.45, 2.75) is 44.8 Å². The number of rotatable bonds is 7. The Labute approximate surface area is 183 Å². The van der Waals surface area contributed by atoms with Crippen LogP contribution in [0.4, 0.5) is 8.78 Å². The van der Waals surface area contributed by atoms with Crippen LogP contribution in [0.3, 0.4) is 0 Å². The monoisotopic (exact) mass is 440 g/mol. The van der Waals surface area contributed by atoms with Crippen molar-refractivity contribution in [3.63, 3.8) is 0 Å². The molecule has 166 valence electrons. The van der Waals surface area contributed by atoms with Crippen molar-refractivity contribution in [3.05, 3.63) is 47.8 Å². The Kier molecular flexibility index (Phi) is 5.46. The van der Waals surface area contributed by atoms with Gasteiger partial charge in [-0.25, -0.2) is 4.98 Å². The van der Waals surface area contributed by atoms with Crippen molar-refractivity contribution in [2.75, 3.05) is 7.11 Å². The van der Waals surface area contributed by atoms with E-state index in [4.69, 9.17) is 9.47 Å². The van der Waals surface area contributed by atoms with E-state index in [-0.39, 0.29) is 23.1 Å². The number of carbonyl (C=O) groups excluding carboxylic acids is 1. The van der Waals surface area contributed by atoms with E-state index in [9.17, 15) is 18.8 Å². The van der Waals surface area contributed by atoms with E-state index in [1.807, 2.05) is 19.9 Å². The minimum Gasteiger partial charge on any atom is -0.496 e. The average Bonchev–Trinajstić information content (AvgIpc) is 3.47. The fourth-order valence-electron chi connectivity index (χ4n) is 3.44. The Hall–Kier alpha value is -3.67.